The molecule has 4 heteroatoms. The molecule has 0 radical (unpaired) electrons. The Morgan fingerprint density at radius 2 is 2.38 bits per heavy atom. The van der Waals surface area contributed by atoms with E-state index in [1.165, 1.54) is 0 Å². The van der Waals surface area contributed by atoms with Gasteiger partial charge in [0.2, 0.25) is 0 Å². The molecule has 0 aromatic carbocycles. The van der Waals surface area contributed by atoms with Crippen molar-refractivity contribution in [3.8, 4) is 0 Å². The van der Waals surface area contributed by atoms with Crippen LogP contribution in [0.1, 0.15) is 12.6 Å². The Morgan fingerprint density at radius 3 is 2.92 bits per heavy atom. The standard InChI is InChI=1S/C9H11N3S/c1-2-3-4-7(10)8-5-6-9(13)12-11-8/h2-6H,10H2,1H3,(H,12,13)/b3-2-,7-4-. The zero-order valence-electron chi connectivity index (χ0n) is 7.32. The van der Waals surface area contributed by atoms with E-state index in [0.717, 1.165) is 0 Å². The van der Waals surface area contributed by atoms with E-state index in [0.29, 0.717) is 16.0 Å². The zero-order valence-corrected chi connectivity index (χ0v) is 8.14. The van der Waals surface area contributed by atoms with E-state index in [2.05, 4.69) is 10.2 Å². The number of nitrogens with two attached hydrogens (primary N) is 1. The van der Waals surface area contributed by atoms with Crippen LogP contribution in [0.15, 0.2) is 30.4 Å². The predicted octanol–water partition coefficient (Wildman–Crippen LogP) is 2.01. The van der Waals surface area contributed by atoms with Crippen molar-refractivity contribution in [2.75, 3.05) is 0 Å². The average Bonchev–Trinajstić information content (AvgIpc) is 2.15. The molecule has 1 rings (SSSR count). The van der Waals surface area contributed by atoms with Crippen molar-refractivity contribution in [2.24, 2.45) is 5.73 Å². The molecule has 1 aromatic rings. The molecule has 0 atom stereocenters. The summed E-state index contributed by atoms with van der Waals surface area (Å²) in [6.07, 6.45) is 5.55. The monoisotopic (exact) mass is 193 g/mol. The topological polar surface area (TPSA) is 54.7 Å². The van der Waals surface area contributed by atoms with E-state index in [-0.39, 0.29) is 0 Å². The van der Waals surface area contributed by atoms with Crippen LogP contribution in [-0.4, -0.2) is 10.2 Å². The van der Waals surface area contributed by atoms with Crippen LogP contribution >= 0.6 is 12.2 Å². The maximum absolute atomic E-state index is 5.72. The van der Waals surface area contributed by atoms with Gasteiger partial charge < -0.3 is 5.73 Å². The number of allylic oxidation sites excluding steroid dienone is 3. The Hall–Kier alpha value is -1.42. The lowest BCUT2D eigenvalue weighted by Crippen LogP contribution is -1.99. The number of hydrogen-bond acceptors (Lipinski definition) is 3. The highest BCUT2D eigenvalue weighted by Gasteiger charge is 1.94. The predicted molar refractivity (Wildman–Crippen MR) is 56.4 cm³/mol. The number of rotatable bonds is 2. The third-order valence-corrected chi connectivity index (χ3v) is 1.67. The Bertz CT molecular complexity index is 370. The average molecular weight is 193 g/mol. The molecule has 0 spiro atoms. The number of aromatic nitrogens is 2. The van der Waals surface area contributed by atoms with Gasteiger partial charge in [-0.05, 0) is 25.1 Å². The maximum atomic E-state index is 5.72. The minimum Gasteiger partial charge on any atom is -0.397 e. The minimum absolute atomic E-state index is 0.600. The van der Waals surface area contributed by atoms with Gasteiger partial charge in [-0.3, -0.25) is 5.10 Å². The summed E-state index contributed by atoms with van der Waals surface area (Å²) in [6.45, 7) is 1.93. The molecule has 68 valence electrons. The second-order valence-electron chi connectivity index (χ2n) is 2.45. The molecular formula is C9H11N3S. The molecule has 1 heterocycles. The van der Waals surface area contributed by atoms with Crippen molar-refractivity contribution in [1.82, 2.24) is 10.2 Å². The highest BCUT2D eigenvalue weighted by Crippen LogP contribution is 2.02. The third kappa shape index (κ3) is 2.83. The summed E-state index contributed by atoms with van der Waals surface area (Å²) in [7, 11) is 0. The molecule has 0 saturated heterocycles. The van der Waals surface area contributed by atoms with Crippen LogP contribution in [0, 0.1) is 4.64 Å². The molecule has 0 fully saturated rings. The molecule has 0 aliphatic heterocycles. The molecule has 0 bridgehead atoms. The van der Waals surface area contributed by atoms with Gasteiger partial charge in [-0.25, -0.2) is 0 Å². The van der Waals surface area contributed by atoms with E-state index >= 15 is 0 Å². The molecule has 0 saturated carbocycles. The van der Waals surface area contributed by atoms with Crippen LogP contribution in [-0.2, 0) is 0 Å². The highest BCUT2D eigenvalue weighted by atomic mass is 32.1. The summed E-state index contributed by atoms with van der Waals surface area (Å²) in [4.78, 5) is 0. The number of hydrogen-bond donors (Lipinski definition) is 2. The second kappa shape index (κ2) is 4.57. The van der Waals surface area contributed by atoms with Crippen LogP contribution in [0.25, 0.3) is 5.70 Å². The number of nitrogens with one attached hydrogen (secondary N) is 1. The fourth-order valence-electron chi connectivity index (χ4n) is 0.791. The van der Waals surface area contributed by atoms with Crippen molar-refractivity contribution in [3.05, 3.63) is 40.7 Å². The van der Waals surface area contributed by atoms with Crippen LogP contribution in [0.4, 0.5) is 0 Å². The fraction of sp³-hybridized carbons (Fsp3) is 0.111. The number of aromatic amines is 1. The van der Waals surface area contributed by atoms with E-state index < -0.39 is 0 Å². The summed E-state index contributed by atoms with van der Waals surface area (Å²) in [5.74, 6) is 0. The normalized spacial score (nSPS) is 12.2. The maximum Gasteiger partial charge on any atom is 0.119 e. The molecule has 13 heavy (non-hydrogen) atoms. The van der Waals surface area contributed by atoms with Gasteiger partial charge >= 0.3 is 0 Å². The highest BCUT2D eigenvalue weighted by molar-refractivity contribution is 7.71. The van der Waals surface area contributed by atoms with Gasteiger partial charge in [-0.1, -0.05) is 24.4 Å². The van der Waals surface area contributed by atoms with E-state index in [1.54, 1.807) is 18.2 Å². The van der Waals surface area contributed by atoms with Gasteiger partial charge in [-0.2, -0.15) is 5.10 Å². The summed E-state index contributed by atoms with van der Waals surface area (Å²) < 4.78 is 0.600. The van der Waals surface area contributed by atoms with Gasteiger partial charge in [0.15, 0.2) is 0 Å². The Labute approximate surface area is 82.0 Å². The first-order valence-electron chi connectivity index (χ1n) is 3.88. The summed E-state index contributed by atoms with van der Waals surface area (Å²) in [6, 6.07) is 3.54. The molecule has 3 nitrogen and oxygen atoms in total. The smallest absolute Gasteiger partial charge is 0.119 e. The number of H-pyrrole nitrogens is 1. The van der Waals surface area contributed by atoms with Crippen LogP contribution in [0.3, 0.4) is 0 Å². The quantitative estimate of drug-likeness (QED) is 0.558. The Kier molecular flexibility index (Phi) is 3.40. The van der Waals surface area contributed by atoms with Crippen LogP contribution in [0.5, 0.6) is 0 Å². The molecule has 0 aliphatic rings. The minimum atomic E-state index is 0.600. The number of nitrogens with zero attached hydrogens (tertiary/aromatic N) is 1. The van der Waals surface area contributed by atoms with Crippen LogP contribution in [0.2, 0.25) is 0 Å². The lowest BCUT2D eigenvalue weighted by molar-refractivity contribution is 0.993. The molecule has 3 N–H and O–H groups in total. The van der Waals surface area contributed by atoms with E-state index in [4.69, 9.17) is 18.0 Å². The Balaban J connectivity index is 2.95. The van der Waals surface area contributed by atoms with Gasteiger partial charge in [-0.15, -0.1) is 0 Å². The SMILES string of the molecule is C/C=C\C=C(/N)c1ccc(=S)[nH]n1. The van der Waals surface area contributed by atoms with Gasteiger partial charge in [0.25, 0.3) is 0 Å². The zero-order chi connectivity index (χ0) is 9.68. The summed E-state index contributed by atoms with van der Waals surface area (Å²) in [5.41, 5.74) is 7.04. The van der Waals surface area contributed by atoms with Gasteiger partial charge in [0, 0.05) is 0 Å². The van der Waals surface area contributed by atoms with Crippen molar-refractivity contribution in [1.29, 1.82) is 0 Å². The van der Waals surface area contributed by atoms with Crippen LogP contribution < -0.4 is 5.73 Å². The first kappa shape index (κ1) is 9.67. The lowest BCUT2D eigenvalue weighted by Gasteiger charge is -1.97. The fourth-order valence-corrected chi connectivity index (χ4v) is 0.904. The lowest BCUT2D eigenvalue weighted by atomic mass is 10.3. The van der Waals surface area contributed by atoms with Crippen molar-refractivity contribution >= 4 is 17.9 Å². The van der Waals surface area contributed by atoms with E-state index in [1.807, 2.05) is 19.1 Å². The molecular weight excluding hydrogens is 182 g/mol. The second-order valence-corrected chi connectivity index (χ2v) is 2.89. The van der Waals surface area contributed by atoms with Gasteiger partial charge in [0.1, 0.15) is 10.3 Å². The summed E-state index contributed by atoms with van der Waals surface area (Å²) in [5, 5.41) is 6.65. The first-order valence-corrected chi connectivity index (χ1v) is 4.29. The first-order chi connectivity index (χ1) is 6.24. The molecule has 0 unspecified atom stereocenters. The third-order valence-electron chi connectivity index (χ3n) is 1.44. The Morgan fingerprint density at radius 1 is 1.62 bits per heavy atom. The molecule has 0 aliphatic carbocycles. The van der Waals surface area contributed by atoms with E-state index in [9.17, 15) is 0 Å². The molecule has 0 amide bonds. The largest absolute Gasteiger partial charge is 0.397 e. The van der Waals surface area contributed by atoms with Crippen molar-refractivity contribution in [2.45, 2.75) is 6.92 Å². The van der Waals surface area contributed by atoms with Crippen molar-refractivity contribution in [3.63, 3.8) is 0 Å². The summed E-state index contributed by atoms with van der Waals surface area (Å²) >= 11 is 4.85. The van der Waals surface area contributed by atoms with Crippen molar-refractivity contribution < 1.29 is 0 Å². The van der Waals surface area contributed by atoms with Gasteiger partial charge in [0.05, 0.1) is 5.70 Å². The molecule has 1 aromatic heterocycles.